The Labute approximate surface area is 791 Å². The number of unbranched alkanes of at least 4 members (excludes halogenated alkanes) is 1. The van der Waals surface area contributed by atoms with Crippen molar-refractivity contribution in [3.8, 4) is 11.5 Å². The van der Waals surface area contributed by atoms with Crippen LogP contribution in [-0.4, -0.2) is 320 Å². The number of benzene rings is 2. The van der Waals surface area contributed by atoms with E-state index in [1.54, 1.807) is 27.7 Å². The van der Waals surface area contributed by atoms with E-state index in [2.05, 4.69) is 110 Å². The molecule has 2 aromatic rings. The molecule has 0 radical (unpaired) electrons. The van der Waals surface area contributed by atoms with Crippen molar-refractivity contribution in [1.29, 1.82) is 5.41 Å². The average Bonchev–Trinajstić information content (AvgIpc) is 1.74. The molecular weight excluding hydrogens is 1810 g/mol. The normalized spacial score (nSPS) is 16.8. The number of carbonyl (C=O) groups is 18. The number of amides is 18. The van der Waals surface area contributed by atoms with Crippen LogP contribution < -0.4 is 131 Å². The van der Waals surface area contributed by atoms with Crippen LogP contribution in [0.15, 0.2) is 48.5 Å². The number of nitrogens with one attached hydrogen (secondary N) is 17. The summed E-state index contributed by atoms with van der Waals surface area (Å²) >= 11 is 8.80. The number of aliphatic hydroxyl groups excluding tert-OH is 3. The van der Waals surface area contributed by atoms with Gasteiger partial charge in [-0.1, -0.05) is 58.4 Å². The van der Waals surface area contributed by atoms with Gasteiger partial charge in [-0.15, -0.1) is 0 Å². The van der Waals surface area contributed by atoms with Gasteiger partial charge >= 0.3 is 12.0 Å². The number of primary amides is 2. The Morgan fingerprint density at radius 2 is 0.859 bits per heavy atom. The smallest absolute Gasteiger partial charge is 0.326 e. The van der Waals surface area contributed by atoms with Crippen molar-refractivity contribution in [2.24, 2.45) is 57.7 Å². The number of thiol groups is 2. The standard InChI is InChI=1S/C83H138N26O24S2/c1-8-41(4)62(106-75(126)59-35-47(114)37-109(59)79(130)61(89)40(2)3)76(127)108-64(83(6,7)135)78(129)102-54(33-43-16-20-45(112)21-17-43)71(122)104-57(38-110)73(124)101-55(36-60(88)115)72(123)97-49(14-11-31-93-81(90)91)66(117)99-53(26-30-87)70(121)107-63(42(5)111)77(128)100-52(25-29-86)69(120)95-48(13-9-10-27-84)65(116)98-51(24-28-85)68(119)96-50(15-12-32-94-82(92)133)67(118)105-58(39-134)74(125)103-56(80(131)132)34-44-18-22-46(113)23-19-44/h16-23,40-42,47-59,61-64,110-114,134-135H,8-15,24-39,84-87,89H2,1-7H3,(H2,88,115)(H,95,120)(H,96,119)(H,97,123)(H,98,116)(H,99,117)(H,100,128)(H,101,124)(H,102,129)(H,103,125)(H,104,122)(H,105,118)(H,106,126)(H,107,121)(H,108,127)(H,131,132)(H4,90,91,93)(H3,92,94,133)/t41-,42+,47+,48-,49-,50-,51-,52+,53-,54-,55-,56-,57-,58-,59-,61-,62-,63-,64+/m0/s1. The summed E-state index contributed by atoms with van der Waals surface area (Å²) in [5.41, 5.74) is 46.7. The van der Waals surface area contributed by atoms with Crippen molar-refractivity contribution in [1.82, 2.24) is 90.0 Å². The van der Waals surface area contributed by atoms with E-state index in [9.17, 15) is 117 Å². The van der Waals surface area contributed by atoms with E-state index in [4.69, 9.17) is 51.3 Å². The molecule has 0 bridgehead atoms. The Morgan fingerprint density at radius 1 is 0.481 bits per heavy atom. The van der Waals surface area contributed by atoms with Gasteiger partial charge in [-0.3, -0.25) is 82.1 Å². The van der Waals surface area contributed by atoms with Crippen LogP contribution in [0.1, 0.15) is 143 Å². The molecule has 2 aromatic carbocycles. The minimum atomic E-state index is -2.05. The van der Waals surface area contributed by atoms with E-state index in [1.165, 1.54) is 62.4 Å². The maximum absolute atomic E-state index is 14.7. The molecule has 0 aliphatic carbocycles. The molecular formula is C83H138N26O24S2. The molecule has 3 rings (SSSR count). The van der Waals surface area contributed by atoms with Gasteiger partial charge in [0.2, 0.25) is 94.5 Å². The average molecular weight is 1950 g/mol. The highest BCUT2D eigenvalue weighted by molar-refractivity contribution is 7.81. The van der Waals surface area contributed by atoms with Crippen LogP contribution in [0, 0.1) is 17.2 Å². The van der Waals surface area contributed by atoms with Crippen LogP contribution in [0.4, 0.5) is 4.79 Å². The molecule has 1 aliphatic heterocycles. The van der Waals surface area contributed by atoms with E-state index in [1.807, 2.05) is 0 Å². The molecule has 0 saturated carbocycles. The molecule has 0 unspecified atom stereocenters. The highest BCUT2D eigenvalue weighted by Gasteiger charge is 2.46. The SMILES string of the molecule is CC[C@H](C)[C@H](NC(=O)[C@@H]1C[C@@H](O)CN1C(=O)[C@@H](N)C(C)C)C(=O)N[C@H](C(=O)N[C@@H](Cc1ccc(O)cc1)C(=O)N[C@@H](CO)C(=O)N[C@@H](CC(N)=O)C(=O)N[C@@H](CCCNC(=N)N)C(=O)N[C@@H](CCN)C(=O)N[C@H](C(=O)N[C@H](CCN)C(=O)N[C@@H](CCCCN)C(=O)N[C@@H](CCN)C(=O)N[C@@H](CCCNC(N)=O)C(=O)N[C@@H](CS)C(=O)N[C@@H](Cc1ccc(O)cc1)C(=O)O)[C@@H](C)O)C(C)(C)S. The molecule has 39 N–H and O–H groups in total. The number of guanidine groups is 1. The minimum Gasteiger partial charge on any atom is -0.508 e. The number of nitrogens with zero attached hydrogens (tertiary/aromatic N) is 1. The van der Waals surface area contributed by atoms with Gasteiger partial charge in [0.05, 0.1) is 31.3 Å². The van der Waals surface area contributed by atoms with Crippen LogP contribution in [-0.2, 0) is 94.3 Å². The minimum absolute atomic E-state index is 0.0225. The lowest BCUT2D eigenvalue weighted by atomic mass is 9.95. The Kier molecular flexibility index (Phi) is 51.1. The second kappa shape index (κ2) is 59.0. The molecule has 19 atom stereocenters. The number of hydrogen-bond acceptors (Lipinski definition) is 31. The number of likely N-dealkylation sites (tertiary alicyclic amines) is 1. The van der Waals surface area contributed by atoms with Gasteiger partial charge in [0, 0.05) is 49.4 Å². The molecule has 18 amide bonds. The summed E-state index contributed by atoms with van der Waals surface area (Å²) in [6, 6.07) is -16.2. The van der Waals surface area contributed by atoms with E-state index in [0.717, 1.165) is 11.8 Å². The van der Waals surface area contributed by atoms with Crippen LogP contribution in [0.3, 0.4) is 0 Å². The third-order valence-electron chi connectivity index (χ3n) is 21.7. The zero-order chi connectivity index (χ0) is 102. The van der Waals surface area contributed by atoms with Crippen molar-refractivity contribution in [2.45, 2.75) is 258 Å². The number of carboxylic acid groups (broad SMARTS) is 1. The molecule has 1 heterocycles. The van der Waals surface area contributed by atoms with E-state index in [0.29, 0.717) is 12.0 Å². The van der Waals surface area contributed by atoms with Crippen molar-refractivity contribution >= 4 is 138 Å². The van der Waals surface area contributed by atoms with E-state index < -0.39 is 264 Å². The lowest BCUT2D eigenvalue weighted by Crippen LogP contribution is -2.64. The van der Waals surface area contributed by atoms with Crippen LogP contribution in [0.25, 0.3) is 0 Å². The summed E-state index contributed by atoms with van der Waals surface area (Å²) in [4.78, 5) is 252. The Balaban J connectivity index is 1.93. The third kappa shape index (κ3) is 40.6. The summed E-state index contributed by atoms with van der Waals surface area (Å²) in [5.74, 6) is -20.9. The zero-order valence-electron chi connectivity index (χ0n) is 76.6. The molecule has 1 saturated heterocycles. The first-order valence-corrected chi connectivity index (χ1v) is 45.2. The Bertz CT molecular complexity index is 4330. The number of phenolic OH excluding ortho intramolecular Hbond substituents is 2. The second-order valence-electron chi connectivity index (χ2n) is 33.6. The second-order valence-corrected chi connectivity index (χ2v) is 35.1. The van der Waals surface area contributed by atoms with Crippen LogP contribution in [0.2, 0.25) is 0 Å². The van der Waals surface area contributed by atoms with Crippen LogP contribution >= 0.6 is 25.3 Å². The number of carboxylic acids is 1. The summed E-state index contributed by atoms with van der Waals surface area (Å²) in [5, 5.41) is 109. The number of phenols is 2. The maximum atomic E-state index is 14.7. The summed E-state index contributed by atoms with van der Waals surface area (Å²) in [6.07, 6.45) is -6.09. The fraction of sp³-hybridized carbons (Fsp3) is 0.627. The van der Waals surface area contributed by atoms with Crippen molar-refractivity contribution < 1.29 is 117 Å². The number of urea groups is 1. The lowest BCUT2D eigenvalue weighted by Gasteiger charge is -2.34. The molecule has 0 spiro atoms. The van der Waals surface area contributed by atoms with Crippen molar-refractivity contribution in [3.05, 3.63) is 59.7 Å². The highest BCUT2D eigenvalue weighted by atomic mass is 32.1. The number of hydrogen-bond donors (Lipinski definition) is 33. The van der Waals surface area contributed by atoms with Crippen molar-refractivity contribution in [2.75, 3.05) is 58.2 Å². The zero-order valence-corrected chi connectivity index (χ0v) is 78.4. The summed E-state index contributed by atoms with van der Waals surface area (Å²) in [6.45, 7) is 8.13. The predicted octanol–water partition coefficient (Wildman–Crippen LogP) is -10.5. The fourth-order valence-corrected chi connectivity index (χ4v) is 14.2. The van der Waals surface area contributed by atoms with Crippen LogP contribution in [0.5, 0.6) is 11.5 Å². The van der Waals surface area contributed by atoms with Gasteiger partial charge in [0.1, 0.15) is 102 Å². The Morgan fingerprint density at radius 3 is 1.27 bits per heavy atom. The highest BCUT2D eigenvalue weighted by Crippen LogP contribution is 2.25. The Hall–Kier alpha value is -12.0. The van der Waals surface area contributed by atoms with Gasteiger partial charge in [-0.2, -0.15) is 25.3 Å². The number of β-amino-alcohol motifs (C(OH)–C–C–N with tert-alkyl or cyclic N) is 1. The first-order valence-electron chi connectivity index (χ1n) is 44.1. The van der Waals surface area contributed by atoms with Gasteiger partial charge < -0.3 is 166 Å². The maximum Gasteiger partial charge on any atom is 0.326 e. The first kappa shape index (κ1) is 117. The van der Waals surface area contributed by atoms with Gasteiger partial charge in [-0.05, 0) is 158 Å². The molecule has 135 heavy (non-hydrogen) atoms. The lowest BCUT2D eigenvalue weighted by molar-refractivity contribution is -0.142. The molecule has 0 aromatic heterocycles. The fourth-order valence-electron chi connectivity index (χ4n) is 13.8. The van der Waals surface area contributed by atoms with Gasteiger partial charge in [-0.25, -0.2) is 9.59 Å². The first-order chi connectivity index (χ1) is 63.5. The summed E-state index contributed by atoms with van der Waals surface area (Å²) < 4.78 is -1.49. The van der Waals surface area contributed by atoms with Gasteiger partial charge in [0.25, 0.3) is 0 Å². The molecule has 1 fully saturated rings. The largest absolute Gasteiger partial charge is 0.508 e. The summed E-state index contributed by atoms with van der Waals surface area (Å²) in [7, 11) is 0. The monoisotopic (exact) mass is 1950 g/mol. The number of carbonyl (C=O) groups excluding carboxylic acids is 17. The van der Waals surface area contributed by atoms with E-state index >= 15 is 0 Å². The predicted molar refractivity (Wildman–Crippen MR) is 496 cm³/mol. The van der Waals surface area contributed by atoms with Gasteiger partial charge in [0.15, 0.2) is 5.96 Å². The molecule has 50 nitrogen and oxygen atoms in total. The number of nitrogens with two attached hydrogens (primary N) is 8. The number of rotatable bonds is 61. The molecule has 1 aliphatic rings. The number of aliphatic hydroxyl groups is 3. The molecule has 756 valence electrons. The topological polar surface area (TPSA) is 856 Å². The number of aliphatic carboxylic acids is 1. The number of aromatic hydroxyl groups is 2. The molecule has 52 heteroatoms. The van der Waals surface area contributed by atoms with E-state index in [-0.39, 0.29) is 139 Å². The third-order valence-corrected chi connectivity index (χ3v) is 22.3. The quantitative estimate of drug-likeness (QED) is 0.0127. The van der Waals surface area contributed by atoms with Crippen molar-refractivity contribution in [3.63, 3.8) is 0 Å².